The first kappa shape index (κ1) is 19.5. The topological polar surface area (TPSA) is 92.7 Å². The van der Waals surface area contributed by atoms with Crippen LogP contribution < -0.4 is 10.9 Å². The van der Waals surface area contributed by atoms with Crippen molar-refractivity contribution in [2.45, 2.75) is 6.54 Å². The molecule has 0 saturated heterocycles. The van der Waals surface area contributed by atoms with Gasteiger partial charge in [-0.15, -0.1) is 11.3 Å². The summed E-state index contributed by atoms with van der Waals surface area (Å²) in [4.78, 5) is 34.6. The predicted octanol–water partition coefficient (Wildman–Crippen LogP) is 3.64. The van der Waals surface area contributed by atoms with E-state index in [0.717, 1.165) is 0 Å². The number of aromatic amines is 1. The van der Waals surface area contributed by atoms with Gasteiger partial charge in [-0.25, -0.2) is 9.97 Å². The zero-order chi connectivity index (χ0) is 20.9. The molecule has 4 aromatic rings. The number of pyridine rings is 2. The summed E-state index contributed by atoms with van der Waals surface area (Å²) in [7, 11) is 0. The van der Waals surface area contributed by atoms with Gasteiger partial charge in [0.2, 0.25) is 11.5 Å². The van der Waals surface area contributed by atoms with Crippen LogP contribution in [0.3, 0.4) is 0 Å². The minimum atomic E-state index is -0.561. The van der Waals surface area contributed by atoms with E-state index in [1.807, 2.05) is 0 Å². The van der Waals surface area contributed by atoms with Gasteiger partial charge in [0.1, 0.15) is 5.69 Å². The number of rotatable bonds is 6. The van der Waals surface area contributed by atoms with Gasteiger partial charge >= 0.3 is 0 Å². The highest BCUT2D eigenvalue weighted by Gasteiger charge is 2.13. The van der Waals surface area contributed by atoms with E-state index in [0.29, 0.717) is 34.3 Å². The van der Waals surface area contributed by atoms with Gasteiger partial charge in [0.25, 0.3) is 5.91 Å². The third kappa shape index (κ3) is 4.76. The van der Waals surface area contributed by atoms with Crippen LogP contribution in [-0.2, 0) is 6.54 Å². The number of thiazole rings is 1. The number of aromatic nitrogens is 4. The molecule has 0 saturated carbocycles. The smallest absolute Gasteiger partial charge is 0.274 e. The fourth-order valence-electron chi connectivity index (χ4n) is 2.81. The Hall–Kier alpha value is -3.85. The highest BCUT2D eigenvalue weighted by Crippen LogP contribution is 2.19. The molecule has 4 heterocycles. The number of anilines is 1. The fraction of sp³-hybridized carbons (Fsp3) is 0.0476. The summed E-state index contributed by atoms with van der Waals surface area (Å²) in [6.45, 7) is 0.344. The van der Waals surface area contributed by atoms with Crippen LogP contribution in [0.5, 0.6) is 0 Å². The van der Waals surface area contributed by atoms with Gasteiger partial charge in [0.15, 0.2) is 5.13 Å². The average Bonchev–Trinajstić information content (AvgIpc) is 3.36. The van der Waals surface area contributed by atoms with Crippen LogP contribution in [0, 0.1) is 5.95 Å². The largest absolute Gasteiger partial charge is 0.339 e. The number of hydrogen-bond acceptors (Lipinski definition) is 5. The Bertz CT molecular complexity index is 1270. The Morgan fingerprint density at radius 2 is 2.13 bits per heavy atom. The first-order chi connectivity index (χ1) is 14.6. The van der Waals surface area contributed by atoms with Gasteiger partial charge in [-0.3, -0.25) is 14.9 Å². The van der Waals surface area contributed by atoms with Crippen LogP contribution in [0.2, 0.25) is 0 Å². The van der Waals surface area contributed by atoms with E-state index in [2.05, 4.69) is 20.3 Å². The van der Waals surface area contributed by atoms with Gasteiger partial charge < -0.3 is 9.55 Å². The second-order valence-corrected chi connectivity index (χ2v) is 7.20. The quantitative estimate of drug-likeness (QED) is 0.465. The number of nitrogens with one attached hydrogen (secondary N) is 2. The lowest BCUT2D eigenvalue weighted by atomic mass is 10.2. The lowest BCUT2D eigenvalue weighted by Gasteiger charge is -2.09. The monoisotopic (exact) mass is 421 g/mol. The molecule has 0 fully saturated rings. The maximum Gasteiger partial charge on any atom is 0.274 e. The molecule has 0 aromatic carbocycles. The van der Waals surface area contributed by atoms with Crippen LogP contribution in [0.4, 0.5) is 9.52 Å². The van der Waals surface area contributed by atoms with E-state index in [-0.39, 0.29) is 11.5 Å². The van der Waals surface area contributed by atoms with Crippen LogP contribution in [0.25, 0.3) is 12.2 Å². The molecule has 0 radical (unpaired) electrons. The number of halogens is 1. The van der Waals surface area contributed by atoms with Crippen LogP contribution in [0.15, 0.2) is 65.0 Å². The number of amides is 1. The highest BCUT2D eigenvalue weighted by atomic mass is 32.1. The third-order valence-electron chi connectivity index (χ3n) is 4.17. The molecule has 2 N–H and O–H groups in total. The van der Waals surface area contributed by atoms with Crippen molar-refractivity contribution in [2.75, 3.05) is 5.32 Å². The SMILES string of the molecule is O=C(Nc1nc(C=Cc2cccc(=O)[nH]2)cs1)c1cccn1Cc1ccnc(F)c1. The van der Waals surface area contributed by atoms with E-state index in [1.54, 1.807) is 58.6 Å². The normalized spacial score (nSPS) is 11.1. The van der Waals surface area contributed by atoms with Crippen LogP contribution >= 0.6 is 11.3 Å². The average molecular weight is 421 g/mol. The van der Waals surface area contributed by atoms with Crippen molar-refractivity contribution in [3.05, 3.63) is 99.2 Å². The Morgan fingerprint density at radius 3 is 2.97 bits per heavy atom. The summed E-state index contributed by atoms with van der Waals surface area (Å²) >= 11 is 1.29. The maximum atomic E-state index is 13.3. The lowest BCUT2D eigenvalue weighted by Crippen LogP contribution is -2.17. The van der Waals surface area contributed by atoms with Crippen LogP contribution in [0.1, 0.15) is 27.4 Å². The Balaban J connectivity index is 1.44. The molecule has 4 rings (SSSR count). The number of carbonyl (C=O) groups excluding carboxylic acids is 1. The highest BCUT2D eigenvalue weighted by molar-refractivity contribution is 7.14. The molecule has 150 valence electrons. The summed E-state index contributed by atoms with van der Waals surface area (Å²) in [6.07, 6.45) is 6.63. The molecule has 7 nitrogen and oxygen atoms in total. The molecule has 30 heavy (non-hydrogen) atoms. The molecule has 0 aliphatic carbocycles. The summed E-state index contributed by atoms with van der Waals surface area (Å²) in [5.41, 5.74) is 2.27. The van der Waals surface area contributed by atoms with E-state index in [9.17, 15) is 14.0 Å². The number of hydrogen-bond donors (Lipinski definition) is 2. The molecule has 9 heteroatoms. The van der Waals surface area contributed by atoms with Crippen molar-refractivity contribution in [3.63, 3.8) is 0 Å². The fourth-order valence-corrected chi connectivity index (χ4v) is 3.49. The van der Waals surface area contributed by atoms with Crippen LogP contribution in [-0.4, -0.2) is 25.4 Å². The van der Waals surface area contributed by atoms with E-state index in [4.69, 9.17) is 0 Å². The third-order valence-corrected chi connectivity index (χ3v) is 4.95. The molecule has 0 atom stereocenters. The van der Waals surface area contributed by atoms with Crippen molar-refractivity contribution in [3.8, 4) is 0 Å². The van der Waals surface area contributed by atoms with Gasteiger partial charge in [0.05, 0.1) is 5.69 Å². The molecule has 0 spiro atoms. The van der Waals surface area contributed by atoms with E-state index < -0.39 is 5.95 Å². The van der Waals surface area contributed by atoms with Gasteiger partial charge in [-0.05, 0) is 48.0 Å². The molecule has 1 amide bonds. The molecule has 4 aromatic heterocycles. The zero-order valence-corrected chi connectivity index (χ0v) is 16.4. The summed E-state index contributed by atoms with van der Waals surface area (Å²) in [6, 6.07) is 11.4. The molecular weight excluding hydrogens is 405 g/mol. The predicted molar refractivity (Wildman–Crippen MR) is 114 cm³/mol. The molecule has 0 aliphatic rings. The van der Waals surface area contributed by atoms with E-state index >= 15 is 0 Å². The molecular formula is C21H16FN5O2S. The maximum absolute atomic E-state index is 13.3. The number of carbonyl (C=O) groups is 1. The van der Waals surface area contributed by atoms with Gasteiger partial charge in [0, 0.05) is 36.1 Å². The van der Waals surface area contributed by atoms with Crippen molar-refractivity contribution in [1.29, 1.82) is 0 Å². The van der Waals surface area contributed by atoms with Gasteiger partial charge in [-0.2, -0.15) is 4.39 Å². The number of nitrogens with zero attached hydrogens (tertiary/aromatic N) is 3. The minimum absolute atomic E-state index is 0.180. The van der Waals surface area contributed by atoms with Crippen molar-refractivity contribution in [2.24, 2.45) is 0 Å². The van der Waals surface area contributed by atoms with Crippen molar-refractivity contribution >= 4 is 34.5 Å². The Morgan fingerprint density at radius 1 is 1.23 bits per heavy atom. The first-order valence-electron chi connectivity index (χ1n) is 8.97. The first-order valence-corrected chi connectivity index (χ1v) is 9.85. The molecule has 0 unspecified atom stereocenters. The van der Waals surface area contributed by atoms with E-state index in [1.165, 1.54) is 29.7 Å². The Labute approximate surface area is 174 Å². The molecule has 0 bridgehead atoms. The summed E-state index contributed by atoms with van der Waals surface area (Å²) < 4.78 is 15.0. The van der Waals surface area contributed by atoms with Gasteiger partial charge in [-0.1, -0.05) is 6.07 Å². The Kier molecular flexibility index (Phi) is 5.62. The lowest BCUT2D eigenvalue weighted by molar-refractivity contribution is 0.101. The zero-order valence-electron chi connectivity index (χ0n) is 15.6. The summed E-state index contributed by atoms with van der Waals surface area (Å²) in [5.74, 6) is -0.875. The number of H-pyrrole nitrogens is 1. The standard InChI is InChI=1S/C21H16FN5O2S/c22-18-11-14(8-9-23-18)12-27-10-2-4-17(27)20(29)26-21-25-16(13-30-21)7-6-15-3-1-5-19(28)24-15/h1-11,13H,12H2,(H,24,28)(H,25,26,29). The molecule has 0 aliphatic heterocycles. The van der Waals surface area contributed by atoms with Crippen molar-refractivity contribution in [1.82, 2.24) is 19.5 Å². The minimum Gasteiger partial charge on any atom is -0.339 e. The summed E-state index contributed by atoms with van der Waals surface area (Å²) in [5, 5.41) is 5.02. The second kappa shape index (κ2) is 8.66. The second-order valence-electron chi connectivity index (χ2n) is 6.34. The van der Waals surface area contributed by atoms with Crippen molar-refractivity contribution < 1.29 is 9.18 Å².